The van der Waals surface area contributed by atoms with Crippen molar-refractivity contribution in [1.82, 2.24) is 10.6 Å². The zero-order chi connectivity index (χ0) is 25.1. The molecule has 1 aliphatic rings. The summed E-state index contributed by atoms with van der Waals surface area (Å²) in [6.45, 7) is 3.67. The number of carbonyl (C=O) groups is 5. The van der Waals surface area contributed by atoms with Gasteiger partial charge in [0.15, 0.2) is 11.2 Å². The number of methoxy groups -OCH3 is 1. The molecule has 1 aliphatic heterocycles. The molecule has 188 valence electrons. The molecule has 0 spiro atoms. The lowest BCUT2D eigenvalue weighted by Crippen LogP contribution is -2.50. The van der Waals surface area contributed by atoms with E-state index in [0.29, 0.717) is 0 Å². The summed E-state index contributed by atoms with van der Waals surface area (Å²) in [6, 6.07) is 0. The fourth-order valence-electron chi connectivity index (χ4n) is 2.60. The van der Waals surface area contributed by atoms with Gasteiger partial charge in [-0.25, -0.2) is 4.57 Å². The summed E-state index contributed by atoms with van der Waals surface area (Å²) < 4.78 is 31.6. The molecule has 2 atom stereocenters. The maximum atomic E-state index is 12.4. The molecule has 2 amide bonds. The summed E-state index contributed by atoms with van der Waals surface area (Å²) in [4.78, 5) is 58.7. The minimum Gasteiger partial charge on any atom is -0.469 e. The lowest BCUT2D eigenvalue weighted by Gasteiger charge is -2.39. The Labute approximate surface area is 196 Å². The molecule has 1 fully saturated rings. The summed E-state index contributed by atoms with van der Waals surface area (Å²) in [6.07, 6.45) is -1.49. The molecule has 1 heterocycles. The van der Waals surface area contributed by atoms with Crippen molar-refractivity contribution in [1.29, 1.82) is 0 Å². The Kier molecular flexibility index (Phi) is 12.2. The Bertz CT molecular complexity index is 789. The van der Waals surface area contributed by atoms with Crippen LogP contribution < -0.4 is 10.6 Å². The SMILES string of the molecule is COC(=O)CCC(=O)CC(=O)SCCNC(=O)CCNC(=O)[C@@H]1OP(=O)(OC)OCC1(C)C. The van der Waals surface area contributed by atoms with Crippen LogP contribution in [0, 0.1) is 5.41 Å². The first-order valence-electron chi connectivity index (χ1n) is 10.2. The van der Waals surface area contributed by atoms with Crippen LogP contribution in [0.5, 0.6) is 0 Å². The van der Waals surface area contributed by atoms with Gasteiger partial charge in [-0.3, -0.25) is 37.5 Å². The van der Waals surface area contributed by atoms with E-state index < -0.39 is 31.2 Å². The second-order valence-electron chi connectivity index (χ2n) is 7.78. The molecule has 0 bridgehead atoms. The van der Waals surface area contributed by atoms with E-state index in [1.165, 1.54) is 7.11 Å². The number of Topliss-reactive ketones (excluding diaryl/α,β-unsaturated/α-hetero) is 1. The fourth-order valence-corrected chi connectivity index (χ4v) is 4.68. The molecule has 0 aromatic heterocycles. The predicted molar refractivity (Wildman–Crippen MR) is 118 cm³/mol. The number of hydrogen-bond donors (Lipinski definition) is 2. The third-order valence-corrected chi connectivity index (χ3v) is 6.75. The van der Waals surface area contributed by atoms with Gasteiger partial charge < -0.3 is 15.4 Å². The number of hydrogen-bond acceptors (Lipinski definition) is 11. The topological polar surface area (TPSA) is 163 Å². The van der Waals surface area contributed by atoms with Crippen molar-refractivity contribution in [3.63, 3.8) is 0 Å². The largest absolute Gasteiger partial charge is 0.475 e. The minimum atomic E-state index is -3.79. The van der Waals surface area contributed by atoms with E-state index in [2.05, 4.69) is 15.4 Å². The van der Waals surface area contributed by atoms with Gasteiger partial charge >= 0.3 is 13.8 Å². The van der Waals surface area contributed by atoms with Crippen LogP contribution in [0.2, 0.25) is 0 Å². The van der Waals surface area contributed by atoms with E-state index in [1.807, 2.05) is 0 Å². The smallest absolute Gasteiger partial charge is 0.469 e. The van der Waals surface area contributed by atoms with Crippen molar-refractivity contribution >= 4 is 48.3 Å². The molecule has 12 nitrogen and oxygen atoms in total. The maximum absolute atomic E-state index is 12.4. The molecule has 33 heavy (non-hydrogen) atoms. The highest BCUT2D eigenvalue weighted by Crippen LogP contribution is 2.56. The molecule has 1 unspecified atom stereocenters. The Morgan fingerprint density at radius 1 is 1.06 bits per heavy atom. The van der Waals surface area contributed by atoms with Crippen LogP contribution in [-0.4, -0.2) is 74.5 Å². The third-order valence-electron chi connectivity index (χ3n) is 4.52. The first-order valence-corrected chi connectivity index (χ1v) is 12.6. The average molecular weight is 511 g/mol. The number of amides is 2. The lowest BCUT2D eigenvalue weighted by atomic mass is 9.87. The molecule has 2 N–H and O–H groups in total. The monoisotopic (exact) mass is 510 g/mol. The van der Waals surface area contributed by atoms with Gasteiger partial charge in [-0.2, -0.15) is 0 Å². The second-order valence-corrected chi connectivity index (χ2v) is 10.7. The van der Waals surface area contributed by atoms with Gasteiger partial charge in [-0.05, 0) is 0 Å². The zero-order valence-corrected chi connectivity index (χ0v) is 20.9. The van der Waals surface area contributed by atoms with Crippen LogP contribution in [0.3, 0.4) is 0 Å². The van der Waals surface area contributed by atoms with E-state index in [9.17, 15) is 28.5 Å². The van der Waals surface area contributed by atoms with Crippen molar-refractivity contribution in [2.75, 3.05) is 39.7 Å². The van der Waals surface area contributed by atoms with Crippen molar-refractivity contribution in [2.45, 2.75) is 45.6 Å². The van der Waals surface area contributed by atoms with E-state index in [4.69, 9.17) is 13.6 Å². The minimum absolute atomic E-state index is 0.00392. The molecule has 0 radical (unpaired) electrons. The number of nitrogens with one attached hydrogen (secondary N) is 2. The Morgan fingerprint density at radius 3 is 2.39 bits per heavy atom. The molecular weight excluding hydrogens is 479 g/mol. The summed E-state index contributed by atoms with van der Waals surface area (Å²) >= 11 is 0.909. The maximum Gasteiger partial charge on any atom is 0.475 e. The van der Waals surface area contributed by atoms with Crippen LogP contribution >= 0.6 is 19.6 Å². The number of rotatable bonds is 13. The van der Waals surface area contributed by atoms with E-state index in [0.717, 1.165) is 18.9 Å². The van der Waals surface area contributed by atoms with Crippen molar-refractivity contribution in [3.8, 4) is 0 Å². The summed E-state index contributed by atoms with van der Waals surface area (Å²) in [5.74, 6) is -1.46. The molecular formula is C19H31N2O10PS. The lowest BCUT2D eigenvalue weighted by molar-refractivity contribution is -0.142. The Hall–Kier alpha value is -1.79. The molecule has 1 saturated heterocycles. The van der Waals surface area contributed by atoms with Gasteiger partial charge in [0.1, 0.15) is 5.78 Å². The normalized spacial score (nSPS) is 21.6. The van der Waals surface area contributed by atoms with Gasteiger partial charge in [0, 0.05) is 44.2 Å². The number of phosphoric ester groups is 1. The van der Waals surface area contributed by atoms with Crippen LogP contribution in [0.25, 0.3) is 0 Å². The zero-order valence-electron chi connectivity index (χ0n) is 19.2. The fraction of sp³-hybridized carbons (Fsp3) is 0.737. The van der Waals surface area contributed by atoms with Gasteiger partial charge in [-0.15, -0.1) is 0 Å². The highest BCUT2D eigenvalue weighted by atomic mass is 32.2. The van der Waals surface area contributed by atoms with Crippen molar-refractivity contribution < 1.29 is 46.8 Å². The number of ether oxygens (including phenoxy) is 1. The van der Waals surface area contributed by atoms with Crippen LogP contribution in [0.4, 0.5) is 0 Å². The van der Waals surface area contributed by atoms with Gasteiger partial charge in [0.05, 0.1) is 26.6 Å². The van der Waals surface area contributed by atoms with Crippen molar-refractivity contribution in [2.24, 2.45) is 5.41 Å². The predicted octanol–water partition coefficient (Wildman–Crippen LogP) is 0.977. The van der Waals surface area contributed by atoms with Crippen molar-refractivity contribution in [3.05, 3.63) is 0 Å². The summed E-state index contributed by atoms with van der Waals surface area (Å²) in [7, 11) is -1.41. The number of phosphoric acid groups is 1. The molecule has 1 rings (SSSR count). The molecule has 14 heteroatoms. The average Bonchev–Trinajstić information content (AvgIpc) is 2.76. The van der Waals surface area contributed by atoms with Crippen LogP contribution in [0.1, 0.15) is 39.5 Å². The molecule has 0 aromatic carbocycles. The number of carbonyl (C=O) groups excluding carboxylic acids is 5. The van der Waals surface area contributed by atoms with Gasteiger partial charge in [0.25, 0.3) is 0 Å². The van der Waals surface area contributed by atoms with Crippen LogP contribution in [0.15, 0.2) is 0 Å². The second kappa shape index (κ2) is 13.8. The molecule has 0 saturated carbocycles. The number of ketones is 1. The Morgan fingerprint density at radius 2 is 1.76 bits per heavy atom. The first-order chi connectivity index (χ1) is 15.4. The quantitative estimate of drug-likeness (QED) is 0.157. The highest BCUT2D eigenvalue weighted by molar-refractivity contribution is 8.13. The van der Waals surface area contributed by atoms with E-state index in [-0.39, 0.29) is 67.9 Å². The van der Waals surface area contributed by atoms with Gasteiger partial charge in [0.2, 0.25) is 11.8 Å². The number of esters is 1. The summed E-state index contributed by atoms with van der Waals surface area (Å²) in [5, 5.41) is 4.83. The standard InChI is InChI=1S/C19H31N2O10PS/c1-19(2)12-30-32(27,29-4)31-17(19)18(26)21-8-7-14(23)20-9-10-33-16(25)11-13(22)5-6-15(24)28-3/h17H,5-12H2,1-4H3,(H,20,23)(H,21,26)/t17-,32?/m0/s1. The highest BCUT2D eigenvalue weighted by Gasteiger charge is 2.48. The number of thioether (sulfide) groups is 1. The molecule has 0 aromatic rings. The van der Waals surface area contributed by atoms with Gasteiger partial charge in [-0.1, -0.05) is 25.6 Å². The third kappa shape index (κ3) is 10.8. The van der Waals surface area contributed by atoms with E-state index >= 15 is 0 Å². The first kappa shape index (κ1) is 29.2. The molecule has 0 aliphatic carbocycles. The van der Waals surface area contributed by atoms with Crippen LogP contribution in [-0.2, 0) is 46.8 Å². The Balaban J connectivity index is 2.23. The summed E-state index contributed by atoms with van der Waals surface area (Å²) in [5.41, 5.74) is -0.747. The van der Waals surface area contributed by atoms with E-state index in [1.54, 1.807) is 13.8 Å².